The van der Waals surface area contributed by atoms with Gasteiger partial charge in [-0.15, -0.1) is 16.5 Å². The molecule has 4 aromatic heterocycles. The molecule has 31 heavy (non-hydrogen) atoms. The first-order valence-corrected chi connectivity index (χ1v) is 9.98. The zero-order chi connectivity index (χ0) is 22.3. The summed E-state index contributed by atoms with van der Waals surface area (Å²) in [5.74, 6) is 1.42. The lowest BCUT2D eigenvalue weighted by molar-refractivity contribution is -0.151. The van der Waals surface area contributed by atoms with Crippen LogP contribution < -0.4 is 10.4 Å². The van der Waals surface area contributed by atoms with Gasteiger partial charge in [0.1, 0.15) is 31.0 Å². The lowest BCUT2D eigenvalue weighted by Gasteiger charge is -2.13. The Kier molecular flexibility index (Phi) is 5.21. The number of thioether (sulfide) groups is 1. The number of nitrogens with zero attached hydrogens (tertiary/aromatic N) is 7. The number of aromatic nitrogens is 7. The molecule has 162 valence electrons. The molecule has 0 saturated heterocycles. The summed E-state index contributed by atoms with van der Waals surface area (Å²) >= 11 is 1.49. The first-order valence-electron chi connectivity index (χ1n) is 8.99. The zero-order valence-electron chi connectivity index (χ0n) is 16.6. The minimum atomic E-state index is -4.80. The molecule has 0 aliphatic rings. The van der Waals surface area contributed by atoms with Gasteiger partial charge in [-0.25, -0.2) is 19.6 Å². The van der Waals surface area contributed by atoms with Gasteiger partial charge in [0, 0.05) is 11.9 Å². The van der Waals surface area contributed by atoms with E-state index in [0.29, 0.717) is 11.5 Å². The van der Waals surface area contributed by atoms with Gasteiger partial charge in [0.2, 0.25) is 0 Å². The van der Waals surface area contributed by atoms with Crippen molar-refractivity contribution in [2.24, 2.45) is 7.05 Å². The fourth-order valence-corrected chi connectivity index (χ4v) is 3.93. The van der Waals surface area contributed by atoms with Gasteiger partial charge in [-0.2, -0.15) is 18.3 Å². The van der Waals surface area contributed by atoms with Gasteiger partial charge in [0.25, 0.3) is 0 Å². The second-order valence-corrected chi connectivity index (χ2v) is 7.63. The molecule has 0 saturated carbocycles. The summed E-state index contributed by atoms with van der Waals surface area (Å²) in [5, 5.41) is 4.05. The first-order chi connectivity index (χ1) is 14.8. The summed E-state index contributed by atoms with van der Waals surface area (Å²) in [5.41, 5.74) is -1.94. The quantitative estimate of drug-likeness (QED) is 0.431. The lowest BCUT2D eigenvalue weighted by Crippen LogP contribution is -2.32. The molecule has 0 aliphatic carbocycles. The Hall–Kier alpha value is -3.35. The van der Waals surface area contributed by atoms with Crippen LogP contribution >= 0.6 is 11.8 Å². The molecule has 0 aliphatic heterocycles. The molecule has 0 atom stereocenters. The topological polar surface area (TPSA) is 92.7 Å². The van der Waals surface area contributed by atoms with Crippen molar-refractivity contribution in [1.29, 1.82) is 0 Å². The van der Waals surface area contributed by atoms with Crippen molar-refractivity contribution >= 4 is 22.8 Å². The minimum Gasteiger partial charge on any atom is -0.413 e. The van der Waals surface area contributed by atoms with Crippen LogP contribution in [-0.4, -0.2) is 46.9 Å². The fraction of sp³-hybridized carbons (Fsp3) is 0.278. The number of rotatable bonds is 5. The monoisotopic (exact) mass is 451 g/mol. The SMILES string of the molecule is CCSc1ccc(-n2cncn2)nc1-c1nc2cc(C(F)(F)F)n(OC)c(=O)c2n1C. The van der Waals surface area contributed by atoms with Crippen LogP contribution in [0.25, 0.3) is 28.4 Å². The van der Waals surface area contributed by atoms with E-state index in [1.807, 2.05) is 13.0 Å². The smallest absolute Gasteiger partial charge is 0.413 e. The Bertz CT molecular complexity index is 1310. The number of hydrogen-bond donors (Lipinski definition) is 0. The number of imidazole rings is 1. The molecule has 0 amide bonds. The van der Waals surface area contributed by atoms with E-state index in [9.17, 15) is 18.0 Å². The van der Waals surface area contributed by atoms with Crippen LogP contribution in [0.5, 0.6) is 0 Å². The summed E-state index contributed by atoms with van der Waals surface area (Å²) in [7, 11) is 2.54. The molecular formula is C18H16F3N7O2S. The van der Waals surface area contributed by atoms with E-state index in [-0.39, 0.29) is 21.6 Å². The summed E-state index contributed by atoms with van der Waals surface area (Å²) < 4.78 is 43.4. The Labute approximate surface area is 177 Å². The van der Waals surface area contributed by atoms with Crippen molar-refractivity contribution in [2.75, 3.05) is 12.9 Å². The summed E-state index contributed by atoms with van der Waals surface area (Å²) in [6.45, 7) is 1.96. The molecular weight excluding hydrogens is 435 g/mol. The Balaban J connectivity index is 2.00. The molecule has 9 nitrogen and oxygen atoms in total. The number of pyridine rings is 2. The number of fused-ring (bicyclic) bond motifs is 1. The molecule has 0 aromatic carbocycles. The van der Waals surface area contributed by atoms with Crippen molar-refractivity contribution in [3.05, 3.63) is 46.9 Å². The lowest BCUT2D eigenvalue weighted by atomic mass is 10.3. The van der Waals surface area contributed by atoms with Gasteiger partial charge in [-0.3, -0.25) is 4.79 Å². The van der Waals surface area contributed by atoms with Crippen LogP contribution in [0.1, 0.15) is 12.6 Å². The van der Waals surface area contributed by atoms with Gasteiger partial charge in [0.05, 0.1) is 5.52 Å². The third-order valence-electron chi connectivity index (χ3n) is 4.48. The largest absolute Gasteiger partial charge is 0.435 e. The van der Waals surface area contributed by atoms with E-state index in [1.54, 1.807) is 13.1 Å². The van der Waals surface area contributed by atoms with E-state index in [2.05, 4.69) is 20.1 Å². The summed E-state index contributed by atoms with van der Waals surface area (Å²) in [4.78, 5) is 31.1. The van der Waals surface area contributed by atoms with Gasteiger partial charge in [0.15, 0.2) is 17.3 Å². The minimum absolute atomic E-state index is 0.0368. The molecule has 4 rings (SSSR count). The third-order valence-corrected chi connectivity index (χ3v) is 5.41. The van der Waals surface area contributed by atoms with Crippen LogP contribution in [0.15, 0.2) is 40.5 Å². The molecule has 0 fully saturated rings. The highest BCUT2D eigenvalue weighted by Gasteiger charge is 2.37. The average Bonchev–Trinajstić information content (AvgIpc) is 3.36. The highest BCUT2D eigenvalue weighted by atomic mass is 32.2. The Morgan fingerprint density at radius 2 is 2.00 bits per heavy atom. The second kappa shape index (κ2) is 7.72. The molecule has 13 heteroatoms. The normalized spacial score (nSPS) is 11.9. The maximum atomic E-state index is 13.4. The summed E-state index contributed by atoms with van der Waals surface area (Å²) in [6, 6.07) is 4.36. The van der Waals surface area contributed by atoms with E-state index < -0.39 is 17.4 Å². The maximum Gasteiger partial charge on any atom is 0.435 e. The molecule has 0 unspecified atom stereocenters. The third kappa shape index (κ3) is 3.54. The molecule has 0 spiro atoms. The highest BCUT2D eigenvalue weighted by molar-refractivity contribution is 7.99. The molecule has 0 N–H and O–H groups in total. The second-order valence-electron chi connectivity index (χ2n) is 6.33. The molecule has 0 radical (unpaired) electrons. The molecule has 4 aromatic rings. The van der Waals surface area contributed by atoms with Crippen LogP contribution in [0.2, 0.25) is 0 Å². The summed E-state index contributed by atoms with van der Waals surface area (Å²) in [6.07, 6.45) is -1.97. The average molecular weight is 451 g/mol. The predicted molar refractivity (Wildman–Crippen MR) is 107 cm³/mol. The Morgan fingerprint density at radius 1 is 1.23 bits per heavy atom. The fourth-order valence-electron chi connectivity index (χ4n) is 3.18. The van der Waals surface area contributed by atoms with E-state index in [4.69, 9.17) is 4.84 Å². The van der Waals surface area contributed by atoms with Crippen molar-refractivity contribution in [1.82, 2.24) is 34.0 Å². The first kappa shape index (κ1) is 20.9. The van der Waals surface area contributed by atoms with E-state index in [0.717, 1.165) is 23.8 Å². The van der Waals surface area contributed by atoms with Gasteiger partial charge < -0.3 is 9.40 Å². The standard InChI is InChI=1S/C18H16F3N7O2S/c1-4-31-11-5-6-13(27-9-22-8-23-27)25-14(11)16-24-10-7-12(18(19,20)21)28(30-3)17(29)15(10)26(16)2/h5-9H,4H2,1-3H3. The predicted octanol–water partition coefficient (Wildman–Crippen LogP) is 2.57. The van der Waals surface area contributed by atoms with Gasteiger partial charge in [-0.05, 0) is 24.0 Å². The molecule has 4 heterocycles. The number of halogens is 3. The number of hydrogen-bond acceptors (Lipinski definition) is 7. The highest BCUT2D eigenvalue weighted by Crippen LogP contribution is 2.33. The van der Waals surface area contributed by atoms with E-state index >= 15 is 0 Å². The van der Waals surface area contributed by atoms with Gasteiger partial charge in [-0.1, -0.05) is 6.92 Å². The number of aryl methyl sites for hydroxylation is 1. The zero-order valence-corrected chi connectivity index (χ0v) is 17.4. The van der Waals surface area contributed by atoms with Crippen molar-refractivity contribution < 1.29 is 18.0 Å². The van der Waals surface area contributed by atoms with Crippen molar-refractivity contribution in [2.45, 2.75) is 18.0 Å². The molecule has 0 bridgehead atoms. The van der Waals surface area contributed by atoms with Crippen LogP contribution in [0, 0.1) is 0 Å². The van der Waals surface area contributed by atoms with Crippen LogP contribution in [0.4, 0.5) is 13.2 Å². The van der Waals surface area contributed by atoms with Crippen LogP contribution in [0.3, 0.4) is 0 Å². The van der Waals surface area contributed by atoms with Gasteiger partial charge >= 0.3 is 11.7 Å². The van der Waals surface area contributed by atoms with Crippen molar-refractivity contribution in [3.63, 3.8) is 0 Å². The van der Waals surface area contributed by atoms with Crippen LogP contribution in [-0.2, 0) is 13.2 Å². The maximum absolute atomic E-state index is 13.4. The van der Waals surface area contributed by atoms with E-state index in [1.165, 1.54) is 33.7 Å². The van der Waals surface area contributed by atoms with Crippen molar-refractivity contribution in [3.8, 4) is 17.3 Å². The number of alkyl halides is 3. The Morgan fingerprint density at radius 3 is 2.61 bits per heavy atom.